The first-order valence-corrected chi connectivity index (χ1v) is 13.0. The smallest absolute Gasteiger partial charge is 0.297 e. The maximum atomic E-state index is 12.9. The molecular formula is C19H21N5O4S3. The summed E-state index contributed by atoms with van der Waals surface area (Å²) in [7, 11) is -2.12. The predicted molar refractivity (Wildman–Crippen MR) is 121 cm³/mol. The van der Waals surface area contributed by atoms with Crippen molar-refractivity contribution in [1.29, 1.82) is 0 Å². The van der Waals surface area contributed by atoms with Crippen molar-refractivity contribution in [2.75, 3.05) is 19.3 Å². The number of nitrogens with one attached hydrogen (secondary N) is 1. The lowest BCUT2D eigenvalue weighted by Gasteiger charge is -2.21. The van der Waals surface area contributed by atoms with Gasteiger partial charge in [0.15, 0.2) is 0 Å². The zero-order valence-electron chi connectivity index (χ0n) is 16.8. The van der Waals surface area contributed by atoms with Crippen molar-refractivity contribution < 1.29 is 8.42 Å². The summed E-state index contributed by atoms with van der Waals surface area (Å²) in [5.41, 5.74) is 1.42. The quantitative estimate of drug-likeness (QED) is 0.546. The number of H-pyrrole nitrogens is 1. The summed E-state index contributed by atoms with van der Waals surface area (Å²) in [5, 5.41) is 0. The van der Waals surface area contributed by atoms with Crippen LogP contribution in [0.15, 0.2) is 44.7 Å². The molecule has 31 heavy (non-hydrogen) atoms. The molecule has 9 nitrogen and oxygen atoms in total. The maximum absolute atomic E-state index is 12.9. The van der Waals surface area contributed by atoms with Crippen LogP contribution in [0.1, 0.15) is 17.7 Å². The Balaban J connectivity index is 1.46. The van der Waals surface area contributed by atoms with E-state index in [1.807, 2.05) is 0 Å². The van der Waals surface area contributed by atoms with Crippen molar-refractivity contribution in [1.82, 2.24) is 23.8 Å². The van der Waals surface area contributed by atoms with Crippen molar-refractivity contribution in [3.05, 3.63) is 62.9 Å². The number of rotatable bonds is 7. The van der Waals surface area contributed by atoms with E-state index in [0.717, 1.165) is 21.9 Å². The van der Waals surface area contributed by atoms with Gasteiger partial charge in [-0.15, -0.1) is 11.3 Å². The van der Waals surface area contributed by atoms with Crippen LogP contribution in [0.25, 0.3) is 10.4 Å². The van der Waals surface area contributed by atoms with Gasteiger partial charge in [0.1, 0.15) is 10.5 Å². The van der Waals surface area contributed by atoms with Gasteiger partial charge in [-0.05, 0) is 30.7 Å². The van der Waals surface area contributed by atoms with E-state index in [-0.39, 0.29) is 16.3 Å². The number of thiophene rings is 1. The molecule has 4 rings (SSSR count). The van der Waals surface area contributed by atoms with E-state index < -0.39 is 15.7 Å². The first-order valence-electron chi connectivity index (χ1n) is 9.62. The van der Waals surface area contributed by atoms with Crippen LogP contribution in [0.2, 0.25) is 0 Å². The Labute approximate surface area is 187 Å². The number of aromatic amines is 1. The summed E-state index contributed by atoms with van der Waals surface area (Å²) in [6, 6.07) is 3.33. The third-order valence-corrected chi connectivity index (χ3v) is 9.53. The number of thioether (sulfide) groups is 1. The molecule has 0 unspecified atom stereocenters. The zero-order chi connectivity index (χ0) is 22.0. The second-order valence-corrected chi connectivity index (χ2v) is 11.5. The summed E-state index contributed by atoms with van der Waals surface area (Å²) >= 11 is 2.83. The first-order chi connectivity index (χ1) is 14.9. The third-order valence-electron chi connectivity index (χ3n) is 5.09. The van der Waals surface area contributed by atoms with Gasteiger partial charge in [0.2, 0.25) is 0 Å². The van der Waals surface area contributed by atoms with Crippen LogP contribution < -0.4 is 11.2 Å². The number of aromatic nitrogens is 4. The molecule has 0 fully saturated rings. The summed E-state index contributed by atoms with van der Waals surface area (Å²) in [6.07, 6.45) is 5.81. The van der Waals surface area contributed by atoms with E-state index in [4.69, 9.17) is 0 Å². The van der Waals surface area contributed by atoms with E-state index in [1.54, 1.807) is 40.9 Å². The Hall–Kier alpha value is -2.28. The minimum absolute atomic E-state index is 0.240. The Morgan fingerprint density at radius 3 is 2.77 bits per heavy atom. The zero-order valence-corrected chi connectivity index (χ0v) is 19.2. The molecule has 0 saturated carbocycles. The van der Waals surface area contributed by atoms with Gasteiger partial charge < -0.3 is 0 Å². The van der Waals surface area contributed by atoms with Crippen LogP contribution in [0, 0.1) is 0 Å². The molecule has 0 saturated heterocycles. The largest absolute Gasteiger partial charge is 0.328 e. The number of hydrogen-bond donors (Lipinski definition) is 1. The van der Waals surface area contributed by atoms with E-state index in [9.17, 15) is 18.0 Å². The van der Waals surface area contributed by atoms with Crippen LogP contribution >= 0.6 is 23.1 Å². The van der Waals surface area contributed by atoms with Crippen LogP contribution in [0.3, 0.4) is 0 Å². The average molecular weight is 480 g/mol. The summed E-state index contributed by atoms with van der Waals surface area (Å²) in [5.74, 6) is 1.45. The Bertz CT molecular complexity index is 1300. The number of hydrogen-bond acceptors (Lipinski definition) is 8. The SMILES string of the molecule is CN(CCCn1c2c(c(=O)[nH]c1=O)CSCC2)S(=O)(=O)c1ccc(-c2cncnc2)s1. The van der Waals surface area contributed by atoms with Gasteiger partial charge >= 0.3 is 5.69 Å². The van der Waals surface area contributed by atoms with Gasteiger partial charge in [0.25, 0.3) is 15.6 Å². The fraction of sp³-hybridized carbons (Fsp3) is 0.368. The van der Waals surface area contributed by atoms with Crippen molar-refractivity contribution in [3.8, 4) is 10.4 Å². The molecule has 0 spiro atoms. The minimum Gasteiger partial charge on any atom is -0.297 e. The molecule has 0 aliphatic carbocycles. The predicted octanol–water partition coefficient (Wildman–Crippen LogP) is 1.56. The van der Waals surface area contributed by atoms with Gasteiger partial charge in [0, 0.05) is 60.0 Å². The van der Waals surface area contributed by atoms with E-state index in [1.165, 1.54) is 29.0 Å². The molecule has 1 aliphatic rings. The minimum atomic E-state index is -3.65. The molecule has 0 radical (unpaired) electrons. The molecule has 164 valence electrons. The van der Waals surface area contributed by atoms with Gasteiger partial charge in [-0.3, -0.25) is 14.3 Å². The molecular weight excluding hydrogens is 458 g/mol. The number of fused-ring (bicyclic) bond motifs is 1. The Kier molecular flexibility index (Phi) is 6.42. The van der Waals surface area contributed by atoms with Gasteiger partial charge in [-0.1, -0.05) is 0 Å². The fourth-order valence-corrected chi connectivity index (χ4v) is 7.12. The lowest BCUT2D eigenvalue weighted by atomic mass is 10.2. The average Bonchev–Trinajstić information content (AvgIpc) is 3.28. The Morgan fingerprint density at radius 2 is 2.00 bits per heavy atom. The topological polar surface area (TPSA) is 118 Å². The molecule has 3 aromatic heterocycles. The lowest BCUT2D eigenvalue weighted by Crippen LogP contribution is -2.37. The standard InChI is InChI=1S/C19H21N5O4S3/c1-23(31(27,28)17-4-3-16(30-17)13-9-20-12-21-10-13)6-2-7-24-15-5-8-29-11-14(15)18(25)22-19(24)26/h3-4,9-10,12H,2,5-8,11H2,1H3,(H,22,25,26). The molecule has 1 N–H and O–H groups in total. The maximum Gasteiger partial charge on any atom is 0.328 e. The molecule has 4 heterocycles. The highest BCUT2D eigenvalue weighted by molar-refractivity contribution is 7.98. The van der Waals surface area contributed by atoms with Crippen molar-refractivity contribution in [3.63, 3.8) is 0 Å². The molecule has 0 bridgehead atoms. The van der Waals surface area contributed by atoms with E-state index in [0.29, 0.717) is 30.7 Å². The third kappa shape index (κ3) is 4.52. The summed E-state index contributed by atoms with van der Waals surface area (Å²) < 4.78 is 29.0. The van der Waals surface area contributed by atoms with Gasteiger partial charge in [0.05, 0.1) is 0 Å². The fourth-order valence-electron chi connectivity index (χ4n) is 3.44. The van der Waals surface area contributed by atoms with E-state index in [2.05, 4.69) is 15.0 Å². The lowest BCUT2D eigenvalue weighted by molar-refractivity contribution is 0.440. The summed E-state index contributed by atoms with van der Waals surface area (Å²) in [6.45, 7) is 0.596. The van der Waals surface area contributed by atoms with Crippen LogP contribution in [0.5, 0.6) is 0 Å². The molecule has 0 amide bonds. The van der Waals surface area contributed by atoms with Crippen molar-refractivity contribution >= 4 is 33.1 Å². The van der Waals surface area contributed by atoms with Crippen LogP contribution in [-0.4, -0.2) is 51.6 Å². The van der Waals surface area contributed by atoms with Crippen molar-refractivity contribution in [2.45, 2.75) is 29.3 Å². The highest BCUT2D eigenvalue weighted by atomic mass is 32.2. The second-order valence-electron chi connectivity index (χ2n) is 7.06. The van der Waals surface area contributed by atoms with Crippen LogP contribution in [-0.2, 0) is 28.7 Å². The number of nitrogens with zero attached hydrogens (tertiary/aromatic N) is 4. The first kappa shape index (κ1) is 21.9. The Morgan fingerprint density at radius 1 is 1.23 bits per heavy atom. The molecule has 0 aromatic carbocycles. The highest BCUT2D eigenvalue weighted by Crippen LogP contribution is 2.31. The highest BCUT2D eigenvalue weighted by Gasteiger charge is 2.24. The molecule has 12 heteroatoms. The molecule has 0 atom stereocenters. The number of sulfonamides is 1. The van der Waals surface area contributed by atoms with Gasteiger partial charge in [-0.25, -0.2) is 27.5 Å². The van der Waals surface area contributed by atoms with Crippen LogP contribution in [0.4, 0.5) is 0 Å². The molecule has 1 aliphatic heterocycles. The normalized spacial score (nSPS) is 14.0. The monoisotopic (exact) mass is 479 g/mol. The van der Waals surface area contributed by atoms with E-state index >= 15 is 0 Å². The molecule has 3 aromatic rings. The van der Waals surface area contributed by atoms with Crippen molar-refractivity contribution in [2.24, 2.45) is 0 Å². The van der Waals surface area contributed by atoms with Gasteiger partial charge in [-0.2, -0.15) is 11.8 Å². The summed E-state index contributed by atoms with van der Waals surface area (Å²) in [4.78, 5) is 35.4. The second kappa shape index (κ2) is 9.07.